The highest BCUT2D eigenvalue weighted by molar-refractivity contribution is 7.79. The van der Waals surface area contributed by atoms with Crippen molar-refractivity contribution in [2.75, 3.05) is 5.32 Å². The highest BCUT2D eigenvalue weighted by atomic mass is 32.2. The first-order valence-corrected chi connectivity index (χ1v) is 5.14. The van der Waals surface area contributed by atoms with Crippen LogP contribution in [0.5, 0.6) is 0 Å². The summed E-state index contributed by atoms with van der Waals surface area (Å²) < 4.78 is 21.1. The average Bonchev–Trinajstić information content (AvgIpc) is 2.04. The van der Waals surface area contributed by atoms with Crippen LogP contribution < -0.4 is 5.32 Å². The number of benzene rings is 1. The maximum absolute atomic E-state index is 10.5. The first-order valence-electron chi connectivity index (χ1n) is 4.01. The van der Waals surface area contributed by atoms with Crippen LogP contribution in [0.4, 0.5) is 5.69 Å². The van der Waals surface area contributed by atoms with Gasteiger partial charge in [0.1, 0.15) is 0 Å². The number of hydrogen-bond donors (Lipinski definition) is 1. The van der Waals surface area contributed by atoms with Gasteiger partial charge in [0.05, 0.1) is 5.37 Å². The minimum Gasteiger partial charge on any atom is -0.771 e. The lowest BCUT2D eigenvalue weighted by molar-refractivity contribution is 0.529. The lowest BCUT2D eigenvalue weighted by Gasteiger charge is -2.17. The molecule has 1 aromatic carbocycles. The van der Waals surface area contributed by atoms with Crippen LogP contribution in [0.2, 0.25) is 0 Å². The molecule has 2 unspecified atom stereocenters. The van der Waals surface area contributed by atoms with E-state index in [2.05, 4.69) is 5.32 Å². The highest BCUT2D eigenvalue weighted by Gasteiger charge is 2.00. The van der Waals surface area contributed by atoms with E-state index < -0.39 is 16.5 Å². The van der Waals surface area contributed by atoms with Gasteiger partial charge in [-0.15, -0.1) is 0 Å². The molecule has 0 saturated carbocycles. The van der Waals surface area contributed by atoms with Gasteiger partial charge in [0.2, 0.25) is 0 Å². The van der Waals surface area contributed by atoms with Gasteiger partial charge in [0.15, 0.2) is 0 Å². The standard InChI is InChI=1S/C9H13NO2S/c1-7-4-3-5-9(6-7)10-8(2)13(11)12/h3-6,8,10H,1-2H3,(H,11,12)/p-1. The molecule has 0 radical (unpaired) electrons. The van der Waals surface area contributed by atoms with Crippen molar-refractivity contribution in [1.29, 1.82) is 0 Å². The molecule has 1 rings (SSSR count). The fourth-order valence-electron chi connectivity index (χ4n) is 1.02. The second-order valence-electron chi connectivity index (χ2n) is 2.92. The van der Waals surface area contributed by atoms with E-state index in [1.165, 1.54) is 0 Å². The lowest BCUT2D eigenvalue weighted by Crippen LogP contribution is -2.20. The summed E-state index contributed by atoms with van der Waals surface area (Å²) in [6.45, 7) is 3.56. The summed E-state index contributed by atoms with van der Waals surface area (Å²) in [5.74, 6) is 0. The number of nitrogens with one attached hydrogen (secondary N) is 1. The Morgan fingerprint density at radius 1 is 1.54 bits per heavy atom. The molecule has 0 aliphatic carbocycles. The Hall–Kier alpha value is -0.870. The SMILES string of the molecule is Cc1cccc(NC(C)S(=O)[O-])c1. The monoisotopic (exact) mass is 198 g/mol. The van der Waals surface area contributed by atoms with Crippen LogP contribution in [0, 0.1) is 6.92 Å². The minimum absolute atomic E-state index is 0.554. The van der Waals surface area contributed by atoms with Crippen LogP contribution in [-0.4, -0.2) is 14.1 Å². The van der Waals surface area contributed by atoms with E-state index >= 15 is 0 Å². The molecule has 13 heavy (non-hydrogen) atoms. The Bertz CT molecular complexity index is 314. The first-order chi connectivity index (χ1) is 6.09. The third-order valence-corrected chi connectivity index (χ3v) is 2.37. The third-order valence-electron chi connectivity index (χ3n) is 1.68. The van der Waals surface area contributed by atoms with Gasteiger partial charge in [-0.2, -0.15) is 0 Å². The van der Waals surface area contributed by atoms with Gasteiger partial charge in [0, 0.05) is 5.69 Å². The highest BCUT2D eigenvalue weighted by Crippen LogP contribution is 2.11. The normalized spacial score (nSPS) is 15.0. The molecule has 1 N–H and O–H groups in total. The summed E-state index contributed by atoms with van der Waals surface area (Å²) in [4.78, 5) is 0. The van der Waals surface area contributed by atoms with E-state index in [4.69, 9.17) is 0 Å². The maximum Gasteiger partial charge on any atom is 0.0860 e. The summed E-state index contributed by atoms with van der Waals surface area (Å²) in [6, 6.07) is 7.60. The predicted octanol–water partition coefficient (Wildman–Crippen LogP) is 1.63. The van der Waals surface area contributed by atoms with Crippen LogP contribution in [0.15, 0.2) is 24.3 Å². The number of anilines is 1. The van der Waals surface area contributed by atoms with Crippen LogP contribution >= 0.6 is 0 Å². The van der Waals surface area contributed by atoms with Crippen LogP contribution in [0.3, 0.4) is 0 Å². The van der Waals surface area contributed by atoms with E-state index in [0.717, 1.165) is 11.3 Å². The molecule has 0 aliphatic rings. The van der Waals surface area contributed by atoms with Crippen molar-refractivity contribution >= 4 is 16.8 Å². The van der Waals surface area contributed by atoms with Crippen molar-refractivity contribution in [1.82, 2.24) is 0 Å². The van der Waals surface area contributed by atoms with Gasteiger partial charge >= 0.3 is 0 Å². The Morgan fingerprint density at radius 2 is 2.23 bits per heavy atom. The van der Waals surface area contributed by atoms with Gasteiger partial charge in [-0.3, -0.25) is 4.21 Å². The average molecular weight is 198 g/mol. The van der Waals surface area contributed by atoms with E-state index in [1.807, 2.05) is 31.2 Å². The molecule has 0 aromatic heterocycles. The van der Waals surface area contributed by atoms with E-state index in [0.29, 0.717) is 0 Å². The van der Waals surface area contributed by atoms with Crippen molar-refractivity contribution in [3.05, 3.63) is 29.8 Å². The van der Waals surface area contributed by atoms with Crippen molar-refractivity contribution in [2.24, 2.45) is 0 Å². The third kappa shape index (κ3) is 3.16. The molecule has 1 aromatic rings. The van der Waals surface area contributed by atoms with Gasteiger partial charge < -0.3 is 9.87 Å². The quantitative estimate of drug-likeness (QED) is 0.751. The second kappa shape index (κ2) is 4.39. The van der Waals surface area contributed by atoms with Gasteiger partial charge in [-0.25, -0.2) is 0 Å². The van der Waals surface area contributed by atoms with Crippen LogP contribution in [0.1, 0.15) is 12.5 Å². The largest absolute Gasteiger partial charge is 0.771 e. The van der Waals surface area contributed by atoms with E-state index in [9.17, 15) is 8.76 Å². The fraction of sp³-hybridized carbons (Fsp3) is 0.333. The van der Waals surface area contributed by atoms with Crippen molar-refractivity contribution in [3.63, 3.8) is 0 Å². The molecule has 0 spiro atoms. The molecule has 0 heterocycles. The predicted molar refractivity (Wildman–Crippen MR) is 53.2 cm³/mol. The number of rotatable bonds is 3. The fourth-order valence-corrected chi connectivity index (χ4v) is 1.25. The zero-order valence-electron chi connectivity index (χ0n) is 7.61. The summed E-state index contributed by atoms with van der Waals surface area (Å²) in [5.41, 5.74) is 1.94. The number of hydrogen-bond acceptors (Lipinski definition) is 3. The van der Waals surface area contributed by atoms with Crippen LogP contribution in [0.25, 0.3) is 0 Å². The Morgan fingerprint density at radius 3 is 2.77 bits per heavy atom. The molecular formula is C9H12NO2S-. The summed E-state index contributed by atoms with van der Waals surface area (Å²) in [5, 5.41) is 2.32. The lowest BCUT2D eigenvalue weighted by atomic mass is 10.2. The molecule has 3 nitrogen and oxygen atoms in total. The summed E-state index contributed by atoms with van der Waals surface area (Å²) in [6.07, 6.45) is 0. The molecule has 2 atom stereocenters. The summed E-state index contributed by atoms with van der Waals surface area (Å²) in [7, 11) is 0. The Balaban J connectivity index is 2.69. The first kappa shape index (κ1) is 10.2. The molecule has 72 valence electrons. The Kier molecular flexibility index (Phi) is 3.45. The molecule has 0 aliphatic heterocycles. The minimum atomic E-state index is -2.08. The van der Waals surface area contributed by atoms with Gasteiger partial charge in [-0.1, -0.05) is 12.1 Å². The smallest absolute Gasteiger partial charge is 0.0860 e. The maximum atomic E-state index is 10.5. The van der Waals surface area contributed by atoms with E-state index in [-0.39, 0.29) is 0 Å². The number of aryl methyl sites for hydroxylation is 1. The zero-order valence-corrected chi connectivity index (χ0v) is 8.43. The Labute approximate surface area is 80.5 Å². The molecule has 4 heteroatoms. The molecule has 0 amide bonds. The molecule has 0 fully saturated rings. The molecule has 0 bridgehead atoms. The topological polar surface area (TPSA) is 52.2 Å². The van der Waals surface area contributed by atoms with Crippen molar-refractivity contribution < 1.29 is 8.76 Å². The molecular weight excluding hydrogens is 186 g/mol. The van der Waals surface area contributed by atoms with E-state index in [1.54, 1.807) is 6.92 Å². The van der Waals surface area contributed by atoms with Gasteiger partial charge in [0.25, 0.3) is 0 Å². The van der Waals surface area contributed by atoms with Crippen molar-refractivity contribution in [2.45, 2.75) is 19.2 Å². The zero-order chi connectivity index (χ0) is 9.84. The van der Waals surface area contributed by atoms with Crippen molar-refractivity contribution in [3.8, 4) is 0 Å². The summed E-state index contributed by atoms with van der Waals surface area (Å²) >= 11 is -2.08. The van der Waals surface area contributed by atoms with Crippen LogP contribution in [-0.2, 0) is 11.1 Å². The molecule has 0 saturated heterocycles. The second-order valence-corrected chi connectivity index (χ2v) is 4.14. The van der Waals surface area contributed by atoms with Gasteiger partial charge in [-0.05, 0) is 42.6 Å².